The van der Waals surface area contributed by atoms with Crippen LogP contribution >= 0.6 is 10.7 Å². The normalized spacial score (nSPS) is 16.5. The molecule has 0 saturated heterocycles. The second-order valence-corrected chi connectivity index (χ2v) is 12.9. The van der Waals surface area contributed by atoms with E-state index in [4.69, 9.17) is 0 Å². The van der Waals surface area contributed by atoms with Gasteiger partial charge in [-0.3, -0.25) is 0 Å². The Morgan fingerprint density at radius 1 is 0.879 bits per heavy atom. The Kier molecular flexibility index (Phi) is 8.18. The summed E-state index contributed by atoms with van der Waals surface area (Å²) < 4.78 is 45.6. The number of nitrogens with zero attached hydrogens (tertiary/aromatic N) is 1. The lowest BCUT2D eigenvalue weighted by atomic mass is 10.0. The summed E-state index contributed by atoms with van der Waals surface area (Å²) >= 11 is 0. The smallest absolute Gasteiger partial charge is 0.229 e. The van der Waals surface area contributed by atoms with Crippen LogP contribution in [-0.2, 0) is 32.0 Å². The maximum Gasteiger partial charge on any atom is 0.229 e. The standard InChI is InChI=1S/C23H24N2O2S.CH3ClO2S/c1-28(26,27)25-17-21-15-20(19-10-6-3-7-11-19)12-13-23(21)24-16-22(25)14-18-8-4-2-5-9-18;1-5(2,3)4/h2-13,15,22,24H,14,16-17H2,1H3;1H3/t22-;/m1./s1. The molecule has 0 bridgehead atoms. The fourth-order valence-corrected chi connectivity index (χ4v) is 4.85. The van der Waals surface area contributed by atoms with Gasteiger partial charge in [-0.05, 0) is 40.8 Å². The fourth-order valence-electron chi connectivity index (χ4n) is 3.78. The van der Waals surface area contributed by atoms with Gasteiger partial charge >= 0.3 is 0 Å². The summed E-state index contributed by atoms with van der Waals surface area (Å²) in [7, 11) is -2.04. The second-order valence-electron chi connectivity index (χ2n) is 7.95. The Morgan fingerprint density at radius 3 is 2.03 bits per heavy atom. The lowest BCUT2D eigenvalue weighted by Gasteiger charge is -2.27. The number of sulfonamides is 1. The molecule has 0 spiro atoms. The van der Waals surface area contributed by atoms with Crippen molar-refractivity contribution >= 4 is 35.4 Å². The van der Waals surface area contributed by atoms with Crippen LogP contribution < -0.4 is 5.32 Å². The van der Waals surface area contributed by atoms with E-state index in [1.54, 1.807) is 4.31 Å². The highest BCUT2D eigenvalue weighted by molar-refractivity contribution is 8.13. The third kappa shape index (κ3) is 7.85. The molecule has 0 unspecified atom stereocenters. The molecule has 0 saturated carbocycles. The zero-order valence-electron chi connectivity index (χ0n) is 18.5. The maximum atomic E-state index is 12.6. The van der Waals surface area contributed by atoms with Crippen LogP contribution in [0.25, 0.3) is 11.1 Å². The zero-order chi connectivity index (χ0) is 24.1. The van der Waals surface area contributed by atoms with Gasteiger partial charge in [-0.1, -0.05) is 66.7 Å². The Labute approximate surface area is 200 Å². The summed E-state index contributed by atoms with van der Waals surface area (Å²) in [6.07, 6.45) is 2.91. The van der Waals surface area contributed by atoms with Gasteiger partial charge in [-0.2, -0.15) is 4.31 Å². The van der Waals surface area contributed by atoms with E-state index >= 15 is 0 Å². The van der Waals surface area contributed by atoms with Crippen LogP contribution in [0.4, 0.5) is 5.69 Å². The van der Waals surface area contributed by atoms with Crippen LogP contribution in [0.5, 0.6) is 0 Å². The van der Waals surface area contributed by atoms with Crippen LogP contribution in [0.2, 0.25) is 0 Å². The molecule has 0 aromatic heterocycles. The first-order valence-electron chi connectivity index (χ1n) is 10.3. The van der Waals surface area contributed by atoms with E-state index in [0.29, 0.717) is 19.5 Å². The molecule has 1 atom stereocenters. The third-order valence-electron chi connectivity index (χ3n) is 5.21. The number of benzene rings is 3. The molecule has 176 valence electrons. The van der Waals surface area contributed by atoms with Crippen LogP contribution in [-0.4, -0.2) is 46.2 Å². The summed E-state index contributed by atoms with van der Waals surface area (Å²) in [5, 5.41) is 3.47. The van der Waals surface area contributed by atoms with Gasteiger partial charge in [0.25, 0.3) is 0 Å². The van der Waals surface area contributed by atoms with Gasteiger partial charge in [0.05, 0.1) is 12.5 Å². The Hall–Kier alpha value is -2.39. The third-order valence-corrected chi connectivity index (χ3v) is 6.49. The van der Waals surface area contributed by atoms with Crippen molar-refractivity contribution in [3.8, 4) is 11.1 Å². The van der Waals surface area contributed by atoms with Crippen molar-refractivity contribution in [2.45, 2.75) is 19.0 Å². The first-order chi connectivity index (χ1) is 15.5. The minimum atomic E-state index is -3.35. The van der Waals surface area contributed by atoms with Crippen LogP contribution in [0, 0.1) is 0 Å². The quantitative estimate of drug-likeness (QED) is 0.532. The molecule has 3 aromatic carbocycles. The van der Waals surface area contributed by atoms with Crippen molar-refractivity contribution < 1.29 is 16.8 Å². The van der Waals surface area contributed by atoms with Crippen molar-refractivity contribution in [2.75, 3.05) is 24.4 Å². The maximum absolute atomic E-state index is 12.6. The fraction of sp³-hybridized carbons (Fsp3) is 0.250. The lowest BCUT2D eigenvalue weighted by Crippen LogP contribution is -2.42. The number of hydrogen-bond donors (Lipinski definition) is 1. The zero-order valence-corrected chi connectivity index (χ0v) is 20.9. The molecular weight excluding hydrogens is 480 g/mol. The monoisotopic (exact) mass is 506 g/mol. The molecule has 0 aliphatic carbocycles. The van der Waals surface area contributed by atoms with E-state index in [9.17, 15) is 16.8 Å². The van der Waals surface area contributed by atoms with Gasteiger partial charge in [0, 0.05) is 35.5 Å². The van der Waals surface area contributed by atoms with Crippen molar-refractivity contribution in [2.24, 2.45) is 0 Å². The highest BCUT2D eigenvalue weighted by atomic mass is 35.7. The van der Waals surface area contributed by atoms with E-state index < -0.39 is 19.1 Å². The molecule has 4 rings (SSSR count). The first kappa shape index (κ1) is 25.2. The van der Waals surface area contributed by atoms with E-state index in [1.165, 1.54) is 6.26 Å². The van der Waals surface area contributed by atoms with Gasteiger partial charge in [-0.25, -0.2) is 16.8 Å². The minimum Gasteiger partial charge on any atom is -0.383 e. The van der Waals surface area contributed by atoms with E-state index in [1.807, 2.05) is 48.5 Å². The summed E-state index contributed by atoms with van der Waals surface area (Å²) in [5.41, 5.74) is 5.36. The van der Waals surface area contributed by atoms with E-state index in [0.717, 1.165) is 34.2 Å². The van der Waals surface area contributed by atoms with Crippen molar-refractivity contribution in [3.05, 3.63) is 90.0 Å². The highest BCUT2D eigenvalue weighted by Crippen LogP contribution is 2.30. The first-order valence-corrected chi connectivity index (χ1v) is 14.9. The van der Waals surface area contributed by atoms with Crippen LogP contribution in [0.3, 0.4) is 0 Å². The van der Waals surface area contributed by atoms with Gasteiger partial charge in [0.1, 0.15) is 0 Å². The highest BCUT2D eigenvalue weighted by Gasteiger charge is 2.30. The van der Waals surface area contributed by atoms with Crippen molar-refractivity contribution in [1.82, 2.24) is 4.31 Å². The molecule has 3 aromatic rings. The molecule has 6 nitrogen and oxygen atoms in total. The number of rotatable bonds is 4. The van der Waals surface area contributed by atoms with Gasteiger partial charge in [0.2, 0.25) is 19.1 Å². The molecule has 0 radical (unpaired) electrons. The molecule has 9 heteroatoms. The van der Waals surface area contributed by atoms with Crippen molar-refractivity contribution in [1.29, 1.82) is 0 Å². The van der Waals surface area contributed by atoms with Crippen LogP contribution in [0.1, 0.15) is 11.1 Å². The SMILES string of the molecule is CS(=O)(=O)Cl.CS(=O)(=O)N1Cc2cc(-c3ccccc3)ccc2NC[C@H]1Cc1ccccc1. The van der Waals surface area contributed by atoms with Crippen LogP contribution in [0.15, 0.2) is 78.9 Å². The predicted molar refractivity (Wildman–Crippen MR) is 135 cm³/mol. The Morgan fingerprint density at radius 2 is 1.45 bits per heavy atom. The average Bonchev–Trinajstić information content (AvgIpc) is 2.93. The molecule has 1 N–H and O–H groups in total. The predicted octanol–water partition coefficient (Wildman–Crippen LogP) is 4.34. The van der Waals surface area contributed by atoms with Gasteiger partial charge in [-0.15, -0.1) is 0 Å². The molecule has 0 fully saturated rings. The summed E-state index contributed by atoms with van der Waals surface area (Å²) in [4.78, 5) is 0. The van der Waals surface area contributed by atoms with Gasteiger partial charge in [0.15, 0.2) is 0 Å². The number of fused-ring (bicyclic) bond motifs is 1. The summed E-state index contributed by atoms with van der Waals surface area (Å²) in [6.45, 7) is 0.957. The average molecular weight is 507 g/mol. The number of halogens is 1. The molecular formula is C24H27ClN2O4S2. The minimum absolute atomic E-state index is 0.134. The van der Waals surface area contributed by atoms with Gasteiger partial charge < -0.3 is 5.32 Å². The molecule has 1 aliphatic rings. The lowest BCUT2D eigenvalue weighted by molar-refractivity contribution is 0.328. The molecule has 1 aliphatic heterocycles. The summed E-state index contributed by atoms with van der Waals surface area (Å²) in [5.74, 6) is 0. The van der Waals surface area contributed by atoms with Crippen molar-refractivity contribution in [3.63, 3.8) is 0 Å². The number of anilines is 1. The number of hydrogen-bond acceptors (Lipinski definition) is 5. The second kappa shape index (κ2) is 10.7. The number of nitrogens with one attached hydrogen (secondary N) is 1. The molecule has 33 heavy (non-hydrogen) atoms. The molecule has 0 amide bonds. The topological polar surface area (TPSA) is 83.5 Å². The largest absolute Gasteiger partial charge is 0.383 e. The van der Waals surface area contributed by atoms with E-state index in [-0.39, 0.29) is 6.04 Å². The summed E-state index contributed by atoms with van der Waals surface area (Å²) in [6, 6.07) is 26.3. The Bertz CT molecular complexity index is 1270. The van der Waals surface area contributed by atoms with E-state index in [2.05, 4.69) is 46.3 Å². The molecule has 1 heterocycles. The Balaban J connectivity index is 0.000000555.